The van der Waals surface area contributed by atoms with Crippen LogP contribution in [0.15, 0.2) is 79.1 Å². The Morgan fingerprint density at radius 3 is 2.03 bits per heavy atom. The summed E-state index contributed by atoms with van der Waals surface area (Å²) in [6.45, 7) is 3.69. The number of aromatic nitrogens is 2. The van der Waals surface area contributed by atoms with E-state index in [0.717, 1.165) is 43.4 Å². The molecule has 0 radical (unpaired) electrons. The van der Waals surface area contributed by atoms with E-state index in [1.165, 1.54) is 4.90 Å². The Kier molecular flexibility index (Phi) is 5.85. The van der Waals surface area contributed by atoms with Gasteiger partial charge < -0.3 is 9.80 Å². The van der Waals surface area contributed by atoms with Crippen molar-refractivity contribution in [2.45, 2.75) is 6.42 Å². The highest BCUT2D eigenvalue weighted by atomic mass is 16.2. The van der Waals surface area contributed by atoms with Gasteiger partial charge >= 0.3 is 0 Å². The second-order valence-corrected chi connectivity index (χ2v) is 8.07. The number of hydrogen-bond donors (Lipinski definition) is 0. The third kappa shape index (κ3) is 4.22. The molecule has 0 unspecified atom stereocenters. The summed E-state index contributed by atoms with van der Waals surface area (Å²) in [5.41, 5.74) is 3.24. The summed E-state index contributed by atoms with van der Waals surface area (Å²) in [6, 6.07) is 19.1. The predicted molar refractivity (Wildman–Crippen MR) is 127 cm³/mol. The van der Waals surface area contributed by atoms with E-state index in [1.807, 2.05) is 24.3 Å². The Morgan fingerprint density at radius 2 is 1.39 bits per heavy atom. The fraction of sp³-hybridized carbons (Fsp3) is 0.231. The largest absolute Gasteiger partial charge is 0.368 e. The van der Waals surface area contributed by atoms with Crippen LogP contribution in [0, 0.1) is 0 Å². The van der Waals surface area contributed by atoms with E-state index >= 15 is 0 Å². The number of imide groups is 1. The van der Waals surface area contributed by atoms with E-state index in [1.54, 1.807) is 36.7 Å². The maximum absolute atomic E-state index is 12.7. The fourth-order valence-electron chi connectivity index (χ4n) is 4.41. The Morgan fingerprint density at radius 1 is 0.788 bits per heavy atom. The molecule has 0 atom stereocenters. The zero-order valence-electron chi connectivity index (χ0n) is 18.3. The number of anilines is 1. The smallest absolute Gasteiger partial charge is 0.261 e. The van der Waals surface area contributed by atoms with Gasteiger partial charge in [-0.05, 0) is 30.2 Å². The van der Waals surface area contributed by atoms with Crippen LogP contribution in [0.2, 0.25) is 0 Å². The van der Waals surface area contributed by atoms with E-state index in [9.17, 15) is 9.59 Å². The van der Waals surface area contributed by atoms with Gasteiger partial charge in [0.1, 0.15) is 0 Å². The summed E-state index contributed by atoms with van der Waals surface area (Å²) in [4.78, 5) is 40.0. The van der Waals surface area contributed by atoms with Crippen molar-refractivity contribution in [3.63, 3.8) is 0 Å². The third-order valence-corrected chi connectivity index (χ3v) is 6.09. The predicted octanol–water partition coefficient (Wildman–Crippen LogP) is 3.33. The summed E-state index contributed by atoms with van der Waals surface area (Å²) < 4.78 is 0. The second-order valence-electron chi connectivity index (χ2n) is 8.07. The normalized spacial score (nSPS) is 16.4. The van der Waals surface area contributed by atoms with Gasteiger partial charge in [-0.1, -0.05) is 48.5 Å². The molecule has 1 fully saturated rings. The molecule has 7 nitrogen and oxygen atoms in total. The van der Waals surface area contributed by atoms with Gasteiger partial charge in [-0.15, -0.1) is 0 Å². The topological polar surface area (TPSA) is 69.6 Å². The van der Waals surface area contributed by atoms with Gasteiger partial charge in [0.25, 0.3) is 11.8 Å². The van der Waals surface area contributed by atoms with Crippen molar-refractivity contribution in [3.05, 3.63) is 95.8 Å². The maximum atomic E-state index is 12.7. The lowest BCUT2D eigenvalue weighted by molar-refractivity contribution is 0.0657. The molecule has 0 bridgehead atoms. The molecular formula is C26H25N5O2. The average Bonchev–Trinajstić information content (AvgIpc) is 3.13. The zero-order chi connectivity index (χ0) is 22.6. The number of nitrogens with zero attached hydrogens (tertiary/aromatic N) is 5. The molecule has 166 valence electrons. The molecule has 2 amide bonds. The second kappa shape index (κ2) is 9.24. The maximum Gasteiger partial charge on any atom is 0.261 e. The van der Waals surface area contributed by atoms with Crippen molar-refractivity contribution in [1.82, 2.24) is 19.8 Å². The van der Waals surface area contributed by atoms with Crippen LogP contribution >= 0.6 is 0 Å². The Hall–Kier alpha value is -4.00. The Bertz CT molecular complexity index is 1140. The number of carbonyl (C=O) groups excluding carboxylic acids is 2. The van der Waals surface area contributed by atoms with E-state index in [0.29, 0.717) is 24.1 Å². The van der Waals surface area contributed by atoms with Crippen LogP contribution in [-0.4, -0.2) is 64.3 Å². The molecule has 0 N–H and O–H groups in total. The lowest BCUT2D eigenvalue weighted by atomic mass is 10.1. The summed E-state index contributed by atoms with van der Waals surface area (Å²) in [6.07, 6.45) is 6.28. The molecule has 1 aromatic heterocycles. The monoisotopic (exact) mass is 439 g/mol. The first-order valence-corrected chi connectivity index (χ1v) is 11.2. The minimum Gasteiger partial charge on any atom is -0.368 e. The van der Waals surface area contributed by atoms with Gasteiger partial charge in [-0.3, -0.25) is 14.5 Å². The van der Waals surface area contributed by atoms with Crippen molar-refractivity contribution in [1.29, 1.82) is 0 Å². The number of fused-ring (bicyclic) bond motifs is 1. The lowest BCUT2D eigenvalue weighted by Crippen LogP contribution is -2.46. The summed E-state index contributed by atoms with van der Waals surface area (Å²) in [7, 11) is 0. The minimum atomic E-state index is -0.207. The first kappa shape index (κ1) is 20.9. The Balaban J connectivity index is 1.30. The van der Waals surface area contributed by atoms with E-state index < -0.39 is 0 Å². The van der Waals surface area contributed by atoms with E-state index in [-0.39, 0.29) is 11.8 Å². The number of rotatable bonds is 6. The van der Waals surface area contributed by atoms with Crippen molar-refractivity contribution in [2.75, 3.05) is 37.6 Å². The van der Waals surface area contributed by atoms with Gasteiger partial charge in [0.2, 0.25) is 5.95 Å². The number of hydrogen-bond acceptors (Lipinski definition) is 6. The van der Waals surface area contributed by atoms with Crippen LogP contribution < -0.4 is 4.90 Å². The first-order chi connectivity index (χ1) is 16.2. The van der Waals surface area contributed by atoms with Crippen LogP contribution in [0.1, 0.15) is 32.7 Å². The lowest BCUT2D eigenvalue weighted by Gasteiger charge is -2.37. The molecule has 3 heterocycles. The van der Waals surface area contributed by atoms with Gasteiger partial charge in [0.05, 0.1) is 11.1 Å². The quantitative estimate of drug-likeness (QED) is 0.549. The molecule has 2 aliphatic rings. The molecule has 33 heavy (non-hydrogen) atoms. The average molecular weight is 440 g/mol. The highest BCUT2D eigenvalue weighted by Crippen LogP contribution is 2.25. The van der Waals surface area contributed by atoms with Crippen molar-refractivity contribution < 1.29 is 9.59 Å². The van der Waals surface area contributed by atoms with Gasteiger partial charge in [-0.25, -0.2) is 9.97 Å². The molecule has 5 rings (SSSR count). The van der Waals surface area contributed by atoms with Gasteiger partial charge in [-0.2, -0.15) is 0 Å². The molecule has 0 saturated carbocycles. The van der Waals surface area contributed by atoms with Crippen molar-refractivity contribution in [2.24, 2.45) is 0 Å². The SMILES string of the molecule is O=C1c2ccccc2C(=O)N1CC/C=C(\c1ccccc1)N1CCN(c2ncccn2)CC1. The van der Waals surface area contributed by atoms with E-state index in [4.69, 9.17) is 0 Å². The molecule has 2 aromatic carbocycles. The molecule has 2 aliphatic heterocycles. The van der Waals surface area contributed by atoms with E-state index in [2.05, 4.69) is 38.0 Å². The van der Waals surface area contributed by atoms with Crippen LogP contribution in [-0.2, 0) is 0 Å². The first-order valence-electron chi connectivity index (χ1n) is 11.2. The molecule has 7 heteroatoms. The molecular weight excluding hydrogens is 414 g/mol. The fourth-order valence-corrected chi connectivity index (χ4v) is 4.41. The number of carbonyl (C=O) groups is 2. The van der Waals surface area contributed by atoms with Crippen molar-refractivity contribution >= 4 is 23.5 Å². The Labute approximate surface area is 193 Å². The number of piperazine rings is 1. The summed E-state index contributed by atoms with van der Waals surface area (Å²) >= 11 is 0. The molecule has 1 saturated heterocycles. The van der Waals surface area contributed by atoms with Crippen molar-refractivity contribution in [3.8, 4) is 0 Å². The number of amides is 2. The highest BCUT2D eigenvalue weighted by Gasteiger charge is 2.34. The van der Waals surface area contributed by atoms with Crippen LogP contribution in [0.5, 0.6) is 0 Å². The zero-order valence-corrected chi connectivity index (χ0v) is 18.3. The highest BCUT2D eigenvalue weighted by molar-refractivity contribution is 6.21. The van der Waals surface area contributed by atoms with Crippen LogP contribution in [0.3, 0.4) is 0 Å². The molecule has 0 spiro atoms. The standard InChI is InChI=1S/C26H25N5O2/c32-24-21-10-4-5-11-22(21)25(33)31(24)15-6-12-23(20-8-2-1-3-9-20)29-16-18-30(19-17-29)26-27-13-7-14-28-26/h1-5,7-14H,6,15-19H2/b23-12+. The van der Waals surface area contributed by atoms with Crippen LogP contribution in [0.25, 0.3) is 5.70 Å². The number of benzene rings is 2. The minimum absolute atomic E-state index is 0.207. The van der Waals surface area contributed by atoms with Gasteiger partial charge in [0, 0.05) is 50.8 Å². The molecule has 0 aliphatic carbocycles. The van der Waals surface area contributed by atoms with Crippen LogP contribution in [0.4, 0.5) is 5.95 Å². The molecule has 3 aromatic rings. The van der Waals surface area contributed by atoms with Gasteiger partial charge in [0.15, 0.2) is 0 Å². The summed E-state index contributed by atoms with van der Waals surface area (Å²) in [5, 5.41) is 0. The summed E-state index contributed by atoms with van der Waals surface area (Å²) in [5.74, 6) is 0.344. The third-order valence-electron chi connectivity index (χ3n) is 6.09.